The Morgan fingerprint density at radius 1 is 1.05 bits per heavy atom. The Morgan fingerprint density at radius 3 is 2.42 bits per heavy atom. The number of fused-ring (bicyclic) bond motifs is 1. The molecule has 0 radical (unpaired) electrons. The van der Waals surface area contributed by atoms with Gasteiger partial charge < -0.3 is 24.5 Å². The van der Waals surface area contributed by atoms with E-state index in [2.05, 4.69) is 21.8 Å². The van der Waals surface area contributed by atoms with Crippen LogP contribution in [-0.2, 0) is 9.53 Å². The first-order chi connectivity index (χ1) is 19.0. The number of piperazine rings is 1. The highest BCUT2D eigenvalue weighted by Crippen LogP contribution is 2.43. The molecule has 0 spiro atoms. The molecular weight excluding hydrogens is 530 g/mol. The number of benzene rings is 1. The number of piperidine rings is 1. The van der Waals surface area contributed by atoms with Crippen molar-refractivity contribution in [3.8, 4) is 0 Å². The van der Waals surface area contributed by atoms with Crippen LogP contribution < -0.4 is 4.90 Å². The fraction of sp³-hybridized carbons (Fsp3) is 0.600. The van der Waals surface area contributed by atoms with Gasteiger partial charge in [-0.25, -0.2) is 14.8 Å². The lowest BCUT2D eigenvalue weighted by molar-refractivity contribution is -0.135. The van der Waals surface area contributed by atoms with Crippen molar-refractivity contribution in [1.82, 2.24) is 19.8 Å². The van der Waals surface area contributed by atoms with Gasteiger partial charge in [-0.3, -0.25) is 4.79 Å². The Morgan fingerprint density at radius 2 is 1.75 bits per heavy atom. The summed E-state index contributed by atoms with van der Waals surface area (Å²) in [5, 5.41) is 11.0. The maximum Gasteiger partial charge on any atom is 0.410 e. The largest absolute Gasteiger partial charge is 0.444 e. The van der Waals surface area contributed by atoms with Crippen LogP contribution in [0.25, 0.3) is 0 Å². The molecule has 4 atom stereocenters. The number of anilines is 1. The number of nitrogens with zero attached hydrogens (tertiary/aromatic N) is 5. The van der Waals surface area contributed by atoms with Crippen molar-refractivity contribution in [3.63, 3.8) is 0 Å². The van der Waals surface area contributed by atoms with Gasteiger partial charge in [0.15, 0.2) is 0 Å². The smallest absolute Gasteiger partial charge is 0.410 e. The Balaban J connectivity index is 1.38. The Labute approximate surface area is 241 Å². The number of ether oxygens (including phenoxy) is 1. The molecule has 3 heterocycles. The molecule has 1 aromatic carbocycles. The summed E-state index contributed by atoms with van der Waals surface area (Å²) in [5.41, 5.74) is 1.97. The quantitative estimate of drug-likeness (QED) is 0.559. The van der Waals surface area contributed by atoms with Crippen molar-refractivity contribution in [2.45, 2.75) is 83.0 Å². The Hall–Kier alpha value is -2.91. The normalized spacial score (nSPS) is 24.1. The highest BCUT2D eigenvalue weighted by Gasteiger charge is 2.42. The summed E-state index contributed by atoms with van der Waals surface area (Å²) in [6.07, 6.45) is 3.80. The van der Waals surface area contributed by atoms with E-state index in [1.165, 1.54) is 6.33 Å². The van der Waals surface area contributed by atoms with Crippen LogP contribution in [0.1, 0.15) is 88.1 Å². The molecule has 2 saturated heterocycles. The number of amides is 2. The fourth-order valence-corrected chi connectivity index (χ4v) is 6.47. The van der Waals surface area contributed by atoms with Gasteiger partial charge in [0.1, 0.15) is 17.7 Å². The first-order valence-corrected chi connectivity index (χ1v) is 14.7. The van der Waals surface area contributed by atoms with Crippen molar-refractivity contribution >= 4 is 29.4 Å². The van der Waals surface area contributed by atoms with Crippen LogP contribution in [0.3, 0.4) is 0 Å². The predicted molar refractivity (Wildman–Crippen MR) is 154 cm³/mol. The zero-order chi connectivity index (χ0) is 28.6. The third-order valence-electron chi connectivity index (χ3n) is 8.23. The number of aliphatic hydroxyl groups excluding tert-OH is 1. The average molecular weight is 570 g/mol. The van der Waals surface area contributed by atoms with Crippen molar-refractivity contribution in [3.05, 3.63) is 52.4 Å². The number of hydrogen-bond acceptors (Lipinski definition) is 7. The molecule has 3 aliphatic rings. The average Bonchev–Trinajstić information content (AvgIpc) is 3.22. The monoisotopic (exact) mass is 569 g/mol. The zero-order valence-corrected chi connectivity index (χ0v) is 24.6. The van der Waals surface area contributed by atoms with Crippen LogP contribution in [-0.4, -0.2) is 81.2 Å². The van der Waals surface area contributed by atoms with Crippen LogP contribution in [0.4, 0.5) is 10.6 Å². The molecule has 2 aliphatic heterocycles. The van der Waals surface area contributed by atoms with E-state index in [-0.39, 0.29) is 24.0 Å². The van der Waals surface area contributed by atoms with E-state index in [1.54, 1.807) is 17.0 Å². The maximum absolute atomic E-state index is 14.3. The van der Waals surface area contributed by atoms with Crippen LogP contribution in [0.2, 0.25) is 5.02 Å². The van der Waals surface area contributed by atoms with Crippen LogP contribution in [0.5, 0.6) is 0 Å². The number of rotatable bonds is 4. The van der Waals surface area contributed by atoms with Crippen molar-refractivity contribution in [2.75, 3.05) is 37.6 Å². The van der Waals surface area contributed by atoms with Gasteiger partial charge in [0.05, 0.1) is 23.8 Å². The van der Waals surface area contributed by atoms with Gasteiger partial charge in [-0.15, -0.1) is 0 Å². The molecule has 2 fully saturated rings. The van der Waals surface area contributed by atoms with Crippen LogP contribution >= 0.6 is 11.6 Å². The Bertz CT molecular complexity index is 1230. The molecule has 1 aliphatic carbocycles. The summed E-state index contributed by atoms with van der Waals surface area (Å²) in [6, 6.07) is 7.12. The molecule has 2 amide bonds. The lowest BCUT2D eigenvalue weighted by Gasteiger charge is -2.43. The lowest BCUT2D eigenvalue weighted by atomic mass is 9.84. The van der Waals surface area contributed by atoms with E-state index >= 15 is 0 Å². The minimum Gasteiger partial charge on any atom is -0.444 e. The third kappa shape index (κ3) is 5.91. The highest BCUT2D eigenvalue weighted by molar-refractivity contribution is 6.30. The topological polar surface area (TPSA) is 99.1 Å². The fourth-order valence-electron chi connectivity index (χ4n) is 6.34. The van der Waals surface area contributed by atoms with Gasteiger partial charge in [-0.2, -0.15) is 0 Å². The first-order valence-electron chi connectivity index (χ1n) is 14.3. The van der Waals surface area contributed by atoms with Gasteiger partial charge in [0.25, 0.3) is 0 Å². The van der Waals surface area contributed by atoms with Gasteiger partial charge in [-0.1, -0.05) is 30.7 Å². The van der Waals surface area contributed by atoms with Gasteiger partial charge in [0.2, 0.25) is 5.91 Å². The molecule has 5 rings (SSSR count). The molecule has 10 heteroatoms. The molecule has 9 nitrogen and oxygen atoms in total. The van der Waals surface area contributed by atoms with E-state index in [0.29, 0.717) is 44.2 Å². The SMILES string of the molecule is C[C@@H]1C[C@@H](O)c2ncnc(N3CCN(C(=O)[C@@H](c4ccc(Cl)cc4)[C@@H]4CCCCN4C(=O)OC(C)(C)C)CC3)c21. The number of carbonyl (C=O) groups excluding carboxylic acids is 2. The second-order valence-corrected chi connectivity index (χ2v) is 12.7. The Kier molecular flexibility index (Phi) is 8.25. The second-order valence-electron chi connectivity index (χ2n) is 12.2. The molecule has 0 bridgehead atoms. The van der Waals surface area contributed by atoms with Gasteiger partial charge >= 0.3 is 6.09 Å². The summed E-state index contributed by atoms with van der Waals surface area (Å²) in [4.78, 5) is 42.4. The van der Waals surface area contributed by atoms with E-state index in [4.69, 9.17) is 16.3 Å². The molecule has 1 aromatic heterocycles. The predicted octanol–water partition coefficient (Wildman–Crippen LogP) is 4.89. The van der Waals surface area contributed by atoms with E-state index in [9.17, 15) is 14.7 Å². The molecular formula is C30H40ClN5O4. The summed E-state index contributed by atoms with van der Waals surface area (Å²) < 4.78 is 5.76. The molecule has 2 aromatic rings. The van der Waals surface area contributed by atoms with Gasteiger partial charge in [0, 0.05) is 43.3 Å². The van der Waals surface area contributed by atoms with Crippen molar-refractivity contribution in [2.24, 2.45) is 0 Å². The minimum atomic E-state index is -0.621. The number of aromatic nitrogens is 2. The van der Waals surface area contributed by atoms with E-state index < -0.39 is 17.6 Å². The van der Waals surface area contributed by atoms with Crippen molar-refractivity contribution < 1.29 is 19.4 Å². The van der Waals surface area contributed by atoms with E-state index in [1.807, 2.05) is 37.8 Å². The zero-order valence-electron chi connectivity index (χ0n) is 23.8. The summed E-state index contributed by atoms with van der Waals surface area (Å²) in [7, 11) is 0. The molecule has 40 heavy (non-hydrogen) atoms. The maximum atomic E-state index is 14.3. The van der Waals surface area contributed by atoms with Crippen LogP contribution in [0, 0.1) is 0 Å². The minimum absolute atomic E-state index is 0.0131. The number of carbonyl (C=O) groups is 2. The van der Waals surface area contributed by atoms with Gasteiger partial charge in [-0.05, 0) is 70.1 Å². The summed E-state index contributed by atoms with van der Waals surface area (Å²) >= 11 is 6.20. The second kappa shape index (κ2) is 11.5. The number of hydrogen-bond donors (Lipinski definition) is 1. The number of aliphatic hydroxyl groups is 1. The molecule has 0 unspecified atom stereocenters. The first kappa shape index (κ1) is 28.6. The number of halogens is 1. The molecule has 216 valence electrons. The van der Waals surface area contributed by atoms with Crippen LogP contribution in [0.15, 0.2) is 30.6 Å². The third-order valence-corrected chi connectivity index (χ3v) is 8.48. The van der Waals surface area contributed by atoms with Crippen molar-refractivity contribution in [1.29, 1.82) is 0 Å². The highest BCUT2D eigenvalue weighted by atomic mass is 35.5. The number of likely N-dealkylation sites (tertiary alicyclic amines) is 1. The molecule has 0 saturated carbocycles. The standard InChI is InChI=1S/C30H40ClN5O4/c1-19-17-23(37)26-24(19)27(33-18-32-26)34-13-15-35(16-14-34)28(38)25(20-8-10-21(31)11-9-20)22-7-5-6-12-36(22)29(39)40-30(2,3)4/h8-11,18-19,22-23,25,37H,5-7,12-17H2,1-4H3/t19-,22+,23-,25+/m1/s1. The lowest BCUT2D eigenvalue weighted by Crippen LogP contribution is -2.55. The summed E-state index contributed by atoms with van der Waals surface area (Å²) in [6.45, 7) is 10.6. The molecule has 1 N–H and O–H groups in total. The summed E-state index contributed by atoms with van der Waals surface area (Å²) in [5.74, 6) is 0.535. The van der Waals surface area contributed by atoms with E-state index in [0.717, 1.165) is 41.9 Å².